The Hall–Kier alpha value is -4.65. The van der Waals surface area contributed by atoms with Gasteiger partial charge in [-0.15, -0.1) is 0 Å². The van der Waals surface area contributed by atoms with Gasteiger partial charge in [0.1, 0.15) is 12.1 Å². The Kier molecular flexibility index (Phi) is 14.5. The van der Waals surface area contributed by atoms with Gasteiger partial charge in [-0.25, -0.2) is 0 Å². The van der Waals surface area contributed by atoms with Gasteiger partial charge in [-0.1, -0.05) is 54.6 Å². The second-order valence-corrected chi connectivity index (χ2v) is 10.6. The van der Waals surface area contributed by atoms with Gasteiger partial charge in [-0.05, 0) is 56.2 Å². The Morgan fingerprint density at radius 2 is 1.19 bits per heavy atom. The predicted octanol–water partition coefficient (Wildman–Crippen LogP) is -0.175. The number of aliphatic imine (C=N–C) groups is 2. The molecule has 0 spiro atoms. The van der Waals surface area contributed by atoms with Crippen molar-refractivity contribution in [2.45, 2.75) is 70.1 Å². The number of amides is 3. The van der Waals surface area contributed by atoms with E-state index in [0.717, 1.165) is 16.7 Å². The fourth-order valence-corrected chi connectivity index (χ4v) is 4.27. The molecule has 2 aromatic rings. The average Bonchev–Trinajstić information content (AvgIpc) is 2.96. The third-order valence-corrected chi connectivity index (χ3v) is 6.45. The number of hydrogen-bond acceptors (Lipinski definition) is 6. The van der Waals surface area contributed by atoms with E-state index in [0.29, 0.717) is 32.4 Å². The molecule has 0 saturated heterocycles. The van der Waals surface area contributed by atoms with Crippen LogP contribution in [0.2, 0.25) is 0 Å². The van der Waals surface area contributed by atoms with E-state index in [2.05, 4.69) is 25.9 Å². The molecule has 0 heterocycles. The minimum absolute atomic E-state index is 0.0394. The van der Waals surface area contributed by atoms with E-state index >= 15 is 0 Å². The molecule has 3 amide bonds. The van der Waals surface area contributed by atoms with Crippen molar-refractivity contribution in [3.05, 3.63) is 60.2 Å². The zero-order valence-corrected chi connectivity index (χ0v) is 25.0. The van der Waals surface area contributed by atoms with E-state index in [1.54, 1.807) is 0 Å². The number of guanidine groups is 2. The number of hydrogen-bond donors (Lipinski definition) is 8. The van der Waals surface area contributed by atoms with Gasteiger partial charge in [0.15, 0.2) is 11.9 Å². The first-order valence-corrected chi connectivity index (χ1v) is 14.4. The molecular weight excluding hydrogens is 548 g/mol. The summed E-state index contributed by atoms with van der Waals surface area (Å²) >= 11 is 0. The maximum absolute atomic E-state index is 13.6. The summed E-state index contributed by atoms with van der Waals surface area (Å²) in [6.07, 6.45) is 1.72. The molecule has 0 radical (unpaired) electrons. The van der Waals surface area contributed by atoms with Crippen LogP contribution in [0, 0.1) is 0 Å². The molecule has 0 aliphatic heterocycles. The number of carbonyl (C=O) groups is 3. The Balaban J connectivity index is 2.22. The number of rotatable bonds is 17. The predicted molar refractivity (Wildman–Crippen MR) is 171 cm³/mol. The lowest BCUT2D eigenvalue weighted by atomic mass is 9.99. The van der Waals surface area contributed by atoms with E-state index in [1.165, 1.54) is 0 Å². The van der Waals surface area contributed by atoms with Gasteiger partial charge in [0, 0.05) is 25.6 Å². The normalized spacial score (nSPS) is 12.8. The molecule has 0 saturated carbocycles. The Morgan fingerprint density at radius 3 is 1.74 bits per heavy atom. The lowest BCUT2D eigenvalue weighted by Crippen LogP contribution is -2.56. The monoisotopic (exact) mass is 594 g/mol. The summed E-state index contributed by atoms with van der Waals surface area (Å²) in [5, 5.41) is 8.42. The van der Waals surface area contributed by atoms with Gasteiger partial charge in [-0.3, -0.25) is 24.4 Å². The van der Waals surface area contributed by atoms with Crippen molar-refractivity contribution in [1.29, 1.82) is 0 Å². The molecule has 0 bridgehead atoms. The molecule has 234 valence electrons. The molecule has 13 nitrogen and oxygen atoms in total. The second kappa shape index (κ2) is 18.0. The highest BCUT2D eigenvalue weighted by Crippen LogP contribution is 2.20. The molecule has 13 N–H and O–H groups in total. The highest BCUT2D eigenvalue weighted by atomic mass is 16.2. The molecule has 43 heavy (non-hydrogen) atoms. The number of nitrogens with zero attached hydrogens (tertiary/aromatic N) is 2. The zero-order chi connectivity index (χ0) is 31.8. The standard InChI is InChI=1S/C30H46N10O3/c1-19(2)38-27(42)24(11-7-17-37-30(34)35)39-28(43)25(40-26(41)23(31)10-6-16-36-29(32)33)18-20-12-14-22(15-13-20)21-8-4-3-5-9-21/h3-5,8-9,12-15,19,23-25H,6-7,10-11,16-18,31H2,1-2H3,(H,38,42)(H,39,43)(H,40,41)(H4,32,33,36)(H4,34,35,37)/t23-,24-,25-/m0/s1. The second-order valence-electron chi connectivity index (χ2n) is 10.6. The van der Waals surface area contributed by atoms with Crippen molar-refractivity contribution < 1.29 is 14.4 Å². The first-order valence-electron chi connectivity index (χ1n) is 14.4. The summed E-state index contributed by atoms with van der Waals surface area (Å²) in [7, 11) is 0. The van der Waals surface area contributed by atoms with Crippen LogP contribution < -0.4 is 44.6 Å². The quantitative estimate of drug-likeness (QED) is 0.0692. The first-order chi connectivity index (χ1) is 20.5. The van der Waals surface area contributed by atoms with E-state index in [1.807, 2.05) is 68.4 Å². The molecule has 0 unspecified atom stereocenters. The topological polar surface area (TPSA) is 242 Å². The van der Waals surface area contributed by atoms with Gasteiger partial charge in [0.25, 0.3) is 0 Å². The number of carbonyl (C=O) groups excluding carboxylic acids is 3. The van der Waals surface area contributed by atoms with Crippen molar-refractivity contribution >= 4 is 29.6 Å². The van der Waals surface area contributed by atoms with Crippen molar-refractivity contribution in [3.8, 4) is 11.1 Å². The van der Waals surface area contributed by atoms with Crippen LogP contribution in [0.15, 0.2) is 64.6 Å². The van der Waals surface area contributed by atoms with Crippen molar-refractivity contribution in [3.63, 3.8) is 0 Å². The lowest BCUT2D eigenvalue weighted by Gasteiger charge is -2.25. The molecule has 0 aromatic heterocycles. The summed E-state index contributed by atoms with van der Waals surface area (Å²) in [5.41, 5.74) is 30.5. The van der Waals surface area contributed by atoms with Crippen LogP contribution in [-0.4, -0.2) is 66.9 Å². The van der Waals surface area contributed by atoms with Crippen LogP contribution in [0.4, 0.5) is 0 Å². The van der Waals surface area contributed by atoms with Crippen molar-refractivity contribution in [1.82, 2.24) is 16.0 Å². The number of benzene rings is 2. The third-order valence-electron chi connectivity index (χ3n) is 6.45. The minimum Gasteiger partial charge on any atom is -0.370 e. The molecule has 0 aliphatic carbocycles. The van der Waals surface area contributed by atoms with Crippen LogP contribution in [0.25, 0.3) is 11.1 Å². The highest BCUT2D eigenvalue weighted by Gasteiger charge is 2.28. The fraction of sp³-hybridized carbons (Fsp3) is 0.433. The van der Waals surface area contributed by atoms with Gasteiger partial charge < -0.3 is 44.6 Å². The highest BCUT2D eigenvalue weighted by molar-refractivity contribution is 5.93. The molecule has 13 heteroatoms. The van der Waals surface area contributed by atoms with Gasteiger partial charge in [0.05, 0.1) is 6.04 Å². The van der Waals surface area contributed by atoms with Crippen LogP contribution in [0.5, 0.6) is 0 Å². The van der Waals surface area contributed by atoms with Crippen molar-refractivity contribution in [2.75, 3.05) is 13.1 Å². The minimum atomic E-state index is -0.995. The molecule has 0 fully saturated rings. The molecule has 2 aromatic carbocycles. The maximum atomic E-state index is 13.6. The van der Waals surface area contributed by atoms with Crippen molar-refractivity contribution in [2.24, 2.45) is 38.7 Å². The van der Waals surface area contributed by atoms with Gasteiger partial charge in [0.2, 0.25) is 17.7 Å². The smallest absolute Gasteiger partial charge is 0.243 e. The first kappa shape index (κ1) is 34.6. The SMILES string of the molecule is CC(C)NC(=O)[C@H](CCCN=C(N)N)NC(=O)[C@H](Cc1ccc(-c2ccccc2)cc1)NC(=O)[C@@H](N)CCCN=C(N)N. The Labute approximate surface area is 253 Å². The van der Waals surface area contributed by atoms with E-state index < -0.39 is 29.9 Å². The lowest BCUT2D eigenvalue weighted by molar-refractivity contribution is -0.132. The zero-order valence-electron chi connectivity index (χ0n) is 25.0. The number of nitrogens with two attached hydrogens (primary N) is 5. The summed E-state index contributed by atoms with van der Waals surface area (Å²) < 4.78 is 0. The summed E-state index contributed by atoms with van der Waals surface area (Å²) in [5.74, 6) is -1.45. The average molecular weight is 595 g/mol. The summed E-state index contributed by atoms with van der Waals surface area (Å²) in [6.45, 7) is 4.28. The largest absolute Gasteiger partial charge is 0.370 e. The van der Waals surface area contributed by atoms with Crippen LogP contribution >= 0.6 is 0 Å². The van der Waals surface area contributed by atoms with Crippen LogP contribution in [0.1, 0.15) is 45.1 Å². The molecular formula is C30H46N10O3. The van der Waals surface area contributed by atoms with Gasteiger partial charge >= 0.3 is 0 Å². The molecule has 3 atom stereocenters. The van der Waals surface area contributed by atoms with Gasteiger partial charge in [-0.2, -0.15) is 0 Å². The summed E-state index contributed by atoms with van der Waals surface area (Å²) in [4.78, 5) is 47.4. The van der Waals surface area contributed by atoms with E-state index in [4.69, 9.17) is 28.7 Å². The van der Waals surface area contributed by atoms with Crippen LogP contribution in [-0.2, 0) is 20.8 Å². The fourth-order valence-electron chi connectivity index (χ4n) is 4.27. The third kappa shape index (κ3) is 13.3. The summed E-state index contributed by atoms with van der Waals surface area (Å²) in [6, 6.07) is 14.7. The molecule has 2 rings (SSSR count). The van der Waals surface area contributed by atoms with E-state index in [-0.39, 0.29) is 36.7 Å². The Morgan fingerprint density at radius 1 is 0.674 bits per heavy atom. The van der Waals surface area contributed by atoms with Crippen LogP contribution in [0.3, 0.4) is 0 Å². The Bertz CT molecular complexity index is 1220. The molecule has 0 aliphatic rings. The maximum Gasteiger partial charge on any atom is 0.243 e. The van der Waals surface area contributed by atoms with E-state index in [9.17, 15) is 14.4 Å². The number of nitrogens with one attached hydrogen (secondary N) is 3.